The first-order valence-electron chi connectivity index (χ1n) is 4.11. The summed E-state index contributed by atoms with van der Waals surface area (Å²) in [6.45, 7) is 5.38. The van der Waals surface area contributed by atoms with Crippen LogP contribution in [0.5, 0.6) is 0 Å². The Kier molecular flexibility index (Phi) is 3.70. The van der Waals surface area contributed by atoms with E-state index in [-0.39, 0.29) is 0 Å². The highest BCUT2D eigenvalue weighted by atomic mass is 14.9. The van der Waals surface area contributed by atoms with Gasteiger partial charge in [0.1, 0.15) is 0 Å². The molecule has 13 heavy (non-hydrogen) atoms. The Morgan fingerprint density at radius 1 is 1.77 bits per heavy atom. The average molecular weight is 175 g/mol. The van der Waals surface area contributed by atoms with Crippen molar-refractivity contribution in [2.75, 3.05) is 0 Å². The zero-order valence-corrected chi connectivity index (χ0v) is 7.70. The van der Waals surface area contributed by atoms with Crippen LogP contribution in [-0.4, -0.2) is 16.7 Å². The Hall–Kier alpha value is -1.64. The summed E-state index contributed by atoms with van der Waals surface area (Å²) in [6.07, 6.45) is 10.0. The number of nitrogens with one attached hydrogen (secondary N) is 1. The second-order valence-electron chi connectivity index (χ2n) is 2.62. The number of aliphatic imine (C=N–C) groups is 1. The Labute approximate surface area is 77.9 Å². The standard InChI is InChI=1S/C10H13N3/c1-3-9(4-5-11-2)6-10-7-12-8-13-10/h3-5,7-8H,2,6H2,1H3,(H,12,13)/b5-4-,9-3?. The third-order valence-corrected chi connectivity index (χ3v) is 1.71. The van der Waals surface area contributed by atoms with Crippen LogP contribution in [0.15, 0.2) is 41.4 Å². The van der Waals surface area contributed by atoms with Gasteiger partial charge in [-0.3, -0.25) is 4.99 Å². The van der Waals surface area contributed by atoms with Crippen molar-refractivity contribution in [1.29, 1.82) is 0 Å². The molecule has 0 bridgehead atoms. The predicted molar refractivity (Wildman–Crippen MR) is 54.7 cm³/mol. The van der Waals surface area contributed by atoms with E-state index in [0.717, 1.165) is 12.1 Å². The number of H-pyrrole nitrogens is 1. The Balaban J connectivity index is 2.61. The van der Waals surface area contributed by atoms with E-state index in [2.05, 4.69) is 21.7 Å². The topological polar surface area (TPSA) is 41.0 Å². The van der Waals surface area contributed by atoms with Gasteiger partial charge in [0.15, 0.2) is 0 Å². The fraction of sp³-hybridized carbons (Fsp3) is 0.200. The van der Waals surface area contributed by atoms with Gasteiger partial charge in [0.2, 0.25) is 0 Å². The van der Waals surface area contributed by atoms with Crippen LogP contribution in [0.4, 0.5) is 0 Å². The number of hydrogen-bond donors (Lipinski definition) is 1. The molecule has 0 aliphatic heterocycles. The predicted octanol–water partition coefficient (Wildman–Crippen LogP) is 2.11. The second-order valence-corrected chi connectivity index (χ2v) is 2.62. The molecule has 3 heteroatoms. The van der Waals surface area contributed by atoms with E-state index >= 15 is 0 Å². The largest absolute Gasteiger partial charge is 0.348 e. The first-order valence-corrected chi connectivity index (χ1v) is 4.11. The molecule has 1 aromatic rings. The summed E-state index contributed by atoms with van der Waals surface area (Å²) < 4.78 is 0. The molecule has 0 amide bonds. The lowest BCUT2D eigenvalue weighted by Crippen LogP contribution is -1.86. The normalized spacial score (nSPS) is 12.2. The highest BCUT2D eigenvalue weighted by Gasteiger charge is 1.95. The van der Waals surface area contributed by atoms with Crippen molar-refractivity contribution in [2.24, 2.45) is 4.99 Å². The first-order chi connectivity index (χ1) is 6.36. The Bertz CT molecular complexity index is 307. The lowest BCUT2D eigenvalue weighted by molar-refractivity contribution is 1.10. The van der Waals surface area contributed by atoms with E-state index in [1.165, 1.54) is 5.57 Å². The number of hydrogen-bond acceptors (Lipinski definition) is 2. The summed E-state index contributed by atoms with van der Waals surface area (Å²) in [5, 5.41) is 0. The molecule has 68 valence electrons. The number of imidazole rings is 1. The molecule has 0 atom stereocenters. The van der Waals surface area contributed by atoms with Crippen molar-refractivity contribution < 1.29 is 0 Å². The van der Waals surface area contributed by atoms with E-state index in [0.29, 0.717) is 0 Å². The monoisotopic (exact) mass is 175 g/mol. The van der Waals surface area contributed by atoms with Crippen LogP contribution >= 0.6 is 0 Å². The van der Waals surface area contributed by atoms with Crippen LogP contribution in [0.2, 0.25) is 0 Å². The fourth-order valence-corrected chi connectivity index (χ4v) is 1.01. The first kappa shape index (κ1) is 9.45. The van der Waals surface area contributed by atoms with Crippen molar-refractivity contribution in [3.05, 3.63) is 42.1 Å². The van der Waals surface area contributed by atoms with Gasteiger partial charge >= 0.3 is 0 Å². The molecule has 1 aromatic heterocycles. The summed E-state index contributed by atoms with van der Waals surface area (Å²) in [5.74, 6) is 0. The molecule has 1 N–H and O–H groups in total. The van der Waals surface area contributed by atoms with Crippen molar-refractivity contribution >= 4 is 6.72 Å². The molecule has 1 heterocycles. The summed E-state index contributed by atoms with van der Waals surface area (Å²) in [6, 6.07) is 0. The van der Waals surface area contributed by atoms with Gasteiger partial charge in [-0.05, 0) is 25.3 Å². The number of rotatable bonds is 4. The summed E-state index contributed by atoms with van der Waals surface area (Å²) in [5.41, 5.74) is 2.29. The molecule has 0 saturated heterocycles. The van der Waals surface area contributed by atoms with Gasteiger partial charge in [-0.25, -0.2) is 4.98 Å². The van der Waals surface area contributed by atoms with Gasteiger partial charge in [0, 0.05) is 24.5 Å². The zero-order valence-electron chi connectivity index (χ0n) is 7.70. The van der Waals surface area contributed by atoms with E-state index in [1.807, 2.05) is 25.3 Å². The summed E-state index contributed by atoms with van der Waals surface area (Å²) in [4.78, 5) is 10.6. The van der Waals surface area contributed by atoms with Gasteiger partial charge < -0.3 is 4.98 Å². The summed E-state index contributed by atoms with van der Waals surface area (Å²) in [7, 11) is 0. The number of aromatic amines is 1. The van der Waals surface area contributed by atoms with Gasteiger partial charge in [-0.2, -0.15) is 0 Å². The number of aromatic nitrogens is 2. The molecule has 1 rings (SSSR count). The maximum absolute atomic E-state index is 3.95. The van der Waals surface area contributed by atoms with Crippen LogP contribution in [-0.2, 0) is 6.42 Å². The van der Waals surface area contributed by atoms with E-state index in [9.17, 15) is 0 Å². The third kappa shape index (κ3) is 3.07. The van der Waals surface area contributed by atoms with Crippen LogP contribution in [0, 0.1) is 0 Å². The average Bonchev–Trinajstić information content (AvgIpc) is 2.64. The molecular weight excluding hydrogens is 162 g/mol. The minimum atomic E-state index is 0.850. The van der Waals surface area contributed by atoms with Gasteiger partial charge in [-0.15, -0.1) is 0 Å². The maximum Gasteiger partial charge on any atom is 0.0921 e. The minimum Gasteiger partial charge on any atom is -0.348 e. The molecule has 3 nitrogen and oxygen atoms in total. The Morgan fingerprint density at radius 3 is 3.15 bits per heavy atom. The maximum atomic E-state index is 3.95. The highest BCUT2D eigenvalue weighted by Crippen LogP contribution is 2.05. The molecule has 0 fully saturated rings. The van der Waals surface area contributed by atoms with Crippen molar-refractivity contribution in [3.8, 4) is 0 Å². The van der Waals surface area contributed by atoms with Crippen LogP contribution in [0.3, 0.4) is 0 Å². The van der Waals surface area contributed by atoms with Gasteiger partial charge in [0.05, 0.1) is 6.33 Å². The van der Waals surface area contributed by atoms with Gasteiger partial charge in [-0.1, -0.05) is 6.08 Å². The van der Waals surface area contributed by atoms with Crippen molar-refractivity contribution in [3.63, 3.8) is 0 Å². The molecule has 0 radical (unpaired) electrons. The van der Waals surface area contributed by atoms with Crippen LogP contribution < -0.4 is 0 Å². The number of nitrogens with zero attached hydrogens (tertiary/aromatic N) is 2. The van der Waals surface area contributed by atoms with Crippen LogP contribution in [0.25, 0.3) is 0 Å². The Morgan fingerprint density at radius 2 is 2.62 bits per heavy atom. The van der Waals surface area contributed by atoms with Crippen molar-refractivity contribution in [2.45, 2.75) is 13.3 Å². The molecule has 0 aliphatic carbocycles. The molecule has 0 saturated carbocycles. The lowest BCUT2D eigenvalue weighted by atomic mass is 10.1. The van der Waals surface area contributed by atoms with E-state index in [1.54, 1.807) is 12.5 Å². The summed E-state index contributed by atoms with van der Waals surface area (Å²) >= 11 is 0. The number of allylic oxidation sites excluding steroid dienone is 3. The lowest BCUT2D eigenvalue weighted by Gasteiger charge is -1.97. The SMILES string of the molecule is C=N/C=C\C(=CC)Cc1cnc[nH]1. The second kappa shape index (κ2) is 5.09. The molecule has 0 spiro atoms. The van der Waals surface area contributed by atoms with Crippen molar-refractivity contribution in [1.82, 2.24) is 9.97 Å². The molecule has 0 unspecified atom stereocenters. The third-order valence-electron chi connectivity index (χ3n) is 1.71. The minimum absolute atomic E-state index is 0.850. The van der Waals surface area contributed by atoms with Crippen LogP contribution in [0.1, 0.15) is 12.6 Å². The smallest absolute Gasteiger partial charge is 0.0921 e. The van der Waals surface area contributed by atoms with E-state index < -0.39 is 0 Å². The fourth-order valence-electron chi connectivity index (χ4n) is 1.01. The van der Waals surface area contributed by atoms with E-state index in [4.69, 9.17) is 0 Å². The molecular formula is C10H13N3. The highest BCUT2D eigenvalue weighted by molar-refractivity contribution is 5.29. The zero-order chi connectivity index (χ0) is 9.52. The van der Waals surface area contributed by atoms with Gasteiger partial charge in [0.25, 0.3) is 0 Å². The quantitative estimate of drug-likeness (QED) is 0.552. The molecule has 0 aromatic carbocycles. The molecule has 0 aliphatic rings.